The van der Waals surface area contributed by atoms with E-state index in [0.29, 0.717) is 13.2 Å². The van der Waals surface area contributed by atoms with Crippen molar-refractivity contribution in [2.75, 3.05) is 14.2 Å². The molecule has 0 saturated heterocycles. The molecule has 86 valence electrons. The summed E-state index contributed by atoms with van der Waals surface area (Å²) in [7, 11) is 3.33. The van der Waals surface area contributed by atoms with Crippen molar-refractivity contribution in [2.24, 2.45) is 5.73 Å². The molecule has 0 bridgehead atoms. The first kappa shape index (κ1) is 12.6. The third kappa shape index (κ3) is 2.75. The minimum absolute atomic E-state index is 0.361. The number of nitrogens with zero attached hydrogens (tertiary/aromatic N) is 1. The summed E-state index contributed by atoms with van der Waals surface area (Å²) < 4.78 is 10.5. The monoisotopic (exact) mass is 230 g/mol. The summed E-state index contributed by atoms with van der Waals surface area (Å²) >= 11 is 1.59. The molecule has 0 fully saturated rings. The molecule has 0 aliphatic heterocycles. The van der Waals surface area contributed by atoms with E-state index in [1.165, 1.54) is 0 Å². The van der Waals surface area contributed by atoms with Gasteiger partial charge in [0.25, 0.3) is 0 Å². The lowest BCUT2D eigenvalue weighted by Crippen LogP contribution is -2.19. The van der Waals surface area contributed by atoms with E-state index in [4.69, 9.17) is 15.2 Å². The molecule has 0 radical (unpaired) electrons. The second-order valence-corrected chi connectivity index (χ2v) is 4.82. The first-order valence-electron chi connectivity index (χ1n) is 4.78. The molecule has 1 aromatic rings. The Labute approximate surface area is 94.4 Å². The molecule has 15 heavy (non-hydrogen) atoms. The van der Waals surface area contributed by atoms with E-state index in [2.05, 4.69) is 4.98 Å². The highest BCUT2D eigenvalue weighted by Gasteiger charge is 2.25. The molecular weight excluding hydrogens is 212 g/mol. The van der Waals surface area contributed by atoms with Gasteiger partial charge in [-0.3, -0.25) is 0 Å². The SMILES string of the molecule is COCc1nc(C(C)(C)OC)sc1CN. The van der Waals surface area contributed by atoms with Gasteiger partial charge in [0, 0.05) is 25.6 Å². The van der Waals surface area contributed by atoms with Gasteiger partial charge in [-0.2, -0.15) is 0 Å². The van der Waals surface area contributed by atoms with Crippen molar-refractivity contribution in [2.45, 2.75) is 32.6 Å². The topological polar surface area (TPSA) is 57.4 Å². The van der Waals surface area contributed by atoms with Gasteiger partial charge in [-0.1, -0.05) is 0 Å². The summed E-state index contributed by atoms with van der Waals surface area (Å²) in [5.41, 5.74) is 6.21. The van der Waals surface area contributed by atoms with Crippen LogP contribution in [-0.2, 0) is 28.2 Å². The lowest BCUT2D eigenvalue weighted by molar-refractivity contribution is 0.0187. The number of methoxy groups -OCH3 is 2. The largest absolute Gasteiger partial charge is 0.378 e. The summed E-state index contributed by atoms with van der Waals surface area (Å²) in [6.45, 7) is 4.98. The Kier molecular flexibility index (Phi) is 4.21. The van der Waals surface area contributed by atoms with Crippen molar-refractivity contribution < 1.29 is 9.47 Å². The molecule has 5 heteroatoms. The zero-order valence-corrected chi connectivity index (χ0v) is 10.5. The molecule has 0 aliphatic carbocycles. The van der Waals surface area contributed by atoms with Crippen molar-refractivity contribution >= 4 is 11.3 Å². The van der Waals surface area contributed by atoms with E-state index in [-0.39, 0.29) is 5.60 Å². The maximum absolute atomic E-state index is 5.65. The summed E-state index contributed by atoms with van der Waals surface area (Å²) in [6, 6.07) is 0. The summed E-state index contributed by atoms with van der Waals surface area (Å²) in [6.07, 6.45) is 0. The zero-order valence-electron chi connectivity index (χ0n) is 9.66. The van der Waals surface area contributed by atoms with Crippen LogP contribution in [0.5, 0.6) is 0 Å². The van der Waals surface area contributed by atoms with E-state index in [9.17, 15) is 0 Å². The highest BCUT2D eigenvalue weighted by molar-refractivity contribution is 7.11. The molecular formula is C10H18N2O2S. The molecule has 0 atom stereocenters. The fourth-order valence-corrected chi connectivity index (χ4v) is 2.16. The smallest absolute Gasteiger partial charge is 0.125 e. The molecule has 1 heterocycles. The van der Waals surface area contributed by atoms with Crippen LogP contribution in [0.2, 0.25) is 0 Å². The third-order valence-corrected chi connectivity index (χ3v) is 3.69. The summed E-state index contributed by atoms with van der Waals surface area (Å²) in [4.78, 5) is 5.57. The lowest BCUT2D eigenvalue weighted by Gasteiger charge is -2.19. The van der Waals surface area contributed by atoms with Crippen LogP contribution in [0.4, 0.5) is 0 Å². The first-order chi connectivity index (χ1) is 7.05. The molecule has 1 aromatic heterocycles. The van der Waals surface area contributed by atoms with Crippen LogP contribution in [-0.4, -0.2) is 19.2 Å². The van der Waals surface area contributed by atoms with Gasteiger partial charge in [-0.15, -0.1) is 11.3 Å². The number of ether oxygens (including phenoxy) is 2. The van der Waals surface area contributed by atoms with Crippen LogP contribution in [0.3, 0.4) is 0 Å². The fourth-order valence-electron chi connectivity index (χ4n) is 1.14. The van der Waals surface area contributed by atoms with Crippen LogP contribution in [0.25, 0.3) is 0 Å². The predicted molar refractivity (Wildman–Crippen MR) is 60.8 cm³/mol. The Morgan fingerprint density at radius 3 is 2.53 bits per heavy atom. The lowest BCUT2D eigenvalue weighted by atomic mass is 10.1. The van der Waals surface area contributed by atoms with E-state index in [0.717, 1.165) is 15.6 Å². The Morgan fingerprint density at radius 1 is 1.40 bits per heavy atom. The minimum Gasteiger partial charge on any atom is -0.378 e. The zero-order chi connectivity index (χ0) is 11.5. The highest BCUT2D eigenvalue weighted by atomic mass is 32.1. The summed E-state index contributed by atoms with van der Waals surface area (Å²) in [5, 5.41) is 0.942. The Bertz CT molecular complexity index is 323. The molecule has 2 N–H and O–H groups in total. The van der Waals surface area contributed by atoms with Crippen LogP contribution in [0.15, 0.2) is 0 Å². The summed E-state index contributed by atoms with van der Waals surface area (Å²) in [5.74, 6) is 0. The molecule has 0 aliphatic rings. The molecule has 0 spiro atoms. The Morgan fingerprint density at radius 2 is 2.07 bits per heavy atom. The van der Waals surface area contributed by atoms with Gasteiger partial charge >= 0.3 is 0 Å². The molecule has 0 amide bonds. The number of hydrogen-bond acceptors (Lipinski definition) is 5. The number of thiazole rings is 1. The van der Waals surface area contributed by atoms with Crippen molar-refractivity contribution in [3.8, 4) is 0 Å². The van der Waals surface area contributed by atoms with Crippen LogP contribution in [0.1, 0.15) is 29.4 Å². The predicted octanol–water partition coefficient (Wildman–Crippen LogP) is 1.63. The number of aromatic nitrogens is 1. The van der Waals surface area contributed by atoms with Gasteiger partial charge in [-0.05, 0) is 13.8 Å². The minimum atomic E-state index is -0.361. The second-order valence-electron chi connectivity index (χ2n) is 3.74. The van der Waals surface area contributed by atoms with Gasteiger partial charge in [0.05, 0.1) is 12.3 Å². The maximum Gasteiger partial charge on any atom is 0.125 e. The first-order valence-corrected chi connectivity index (χ1v) is 5.60. The molecule has 4 nitrogen and oxygen atoms in total. The number of rotatable bonds is 5. The average Bonchev–Trinajstić information content (AvgIpc) is 2.62. The van der Waals surface area contributed by atoms with Gasteiger partial charge in [0.1, 0.15) is 10.6 Å². The maximum atomic E-state index is 5.65. The van der Waals surface area contributed by atoms with E-state index < -0.39 is 0 Å². The van der Waals surface area contributed by atoms with E-state index in [1.54, 1.807) is 25.6 Å². The van der Waals surface area contributed by atoms with E-state index in [1.807, 2.05) is 13.8 Å². The normalized spacial score (nSPS) is 12.1. The van der Waals surface area contributed by atoms with Crippen molar-refractivity contribution in [1.29, 1.82) is 0 Å². The van der Waals surface area contributed by atoms with Crippen molar-refractivity contribution in [1.82, 2.24) is 4.98 Å². The molecule has 0 aromatic carbocycles. The van der Waals surface area contributed by atoms with Crippen LogP contribution < -0.4 is 5.73 Å². The molecule has 0 unspecified atom stereocenters. The number of hydrogen-bond donors (Lipinski definition) is 1. The van der Waals surface area contributed by atoms with Crippen LogP contribution >= 0.6 is 11.3 Å². The van der Waals surface area contributed by atoms with E-state index >= 15 is 0 Å². The van der Waals surface area contributed by atoms with Gasteiger partial charge < -0.3 is 15.2 Å². The van der Waals surface area contributed by atoms with Crippen LogP contribution in [0, 0.1) is 0 Å². The second kappa shape index (κ2) is 5.03. The van der Waals surface area contributed by atoms with Gasteiger partial charge in [0.2, 0.25) is 0 Å². The van der Waals surface area contributed by atoms with Crippen molar-refractivity contribution in [3.05, 3.63) is 15.6 Å². The average molecular weight is 230 g/mol. The third-order valence-electron chi connectivity index (χ3n) is 2.27. The quantitative estimate of drug-likeness (QED) is 0.835. The highest BCUT2D eigenvalue weighted by Crippen LogP contribution is 2.30. The Hall–Kier alpha value is -0.490. The number of nitrogens with two attached hydrogens (primary N) is 1. The molecule has 0 saturated carbocycles. The Balaban J connectivity index is 3.01. The van der Waals surface area contributed by atoms with Gasteiger partial charge in [-0.25, -0.2) is 4.98 Å². The standard InChI is InChI=1S/C10H18N2O2S/c1-10(2,14-4)9-12-7(6-13-3)8(5-11)15-9/h5-6,11H2,1-4H3. The molecule has 1 rings (SSSR count). The fraction of sp³-hybridized carbons (Fsp3) is 0.700. The van der Waals surface area contributed by atoms with Gasteiger partial charge in [0.15, 0.2) is 0 Å². The van der Waals surface area contributed by atoms with Crippen molar-refractivity contribution in [3.63, 3.8) is 0 Å².